The van der Waals surface area contributed by atoms with Crippen molar-refractivity contribution >= 4 is 17.9 Å². The van der Waals surface area contributed by atoms with E-state index in [1.165, 1.54) is 0 Å². The molecular weight excluding hydrogens is 326 g/mol. The summed E-state index contributed by atoms with van der Waals surface area (Å²) in [5.74, 6) is -0.733. The third kappa shape index (κ3) is 4.01. The van der Waals surface area contributed by atoms with Crippen LogP contribution in [0.15, 0.2) is 24.3 Å². The molecule has 2 saturated heterocycles. The van der Waals surface area contributed by atoms with Crippen molar-refractivity contribution in [3.63, 3.8) is 0 Å². The SMILES string of the molecule is O=C(O)COc1ccc(C(=O)N2CCCC(N3CCNC3=O)C2)cc1. The van der Waals surface area contributed by atoms with Gasteiger partial charge in [-0.15, -0.1) is 0 Å². The zero-order valence-corrected chi connectivity index (χ0v) is 13.8. The van der Waals surface area contributed by atoms with Crippen molar-refractivity contribution in [1.29, 1.82) is 0 Å². The smallest absolute Gasteiger partial charge is 0.341 e. The van der Waals surface area contributed by atoms with Crippen LogP contribution >= 0.6 is 0 Å². The average Bonchev–Trinajstić information content (AvgIpc) is 3.06. The van der Waals surface area contributed by atoms with Crippen molar-refractivity contribution in [2.24, 2.45) is 0 Å². The van der Waals surface area contributed by atoms with Gasteiger partial charge in [-0.2, -0.15) is 0 Å². The monoisotopic (exact) mass is 347 g/mol. The van der Waals surface area contributed by atoms with Gasteiger partial charge in [0, 0.05) is 31.7 Å². The van der Waals surface area contributed by atoms with Crippen LogP contribution in [0.4, 0.5) is 4.79 Å². The van der Waals surface area contributed by atoms with Gasteiger partial charge in [0.25, 0.3) is 5.91 Å². The minimum atomic E-state index is -1.05. The second-order valence-electron chi connectivity index (χ2n) is 6.18. The number of carbonyl (C=O) groups is 3. The molecular formula is C17H21N3O5. The van der Waals surface area contributed by atoms with E-state index < -0.39 is 12.6 Å². The highest BCUT2D eigenvalue weighted by Crippen LogP contribution is 2.20. The van der Waals surface area contributed by atoms with Gasteiger partial charge in [-0.05, 0) is 37.1 Å². The lowest BCUT2D eigenvalue weighted by atomic mass is 10.0. The third-order valence-corrected chi connectivity index (χ3v) is 4.48. The summed E-state index contributed by atoms with van der Waals surface area (Å²) >= 11 is 0. The number of likely N-dealkylation sites (tertiary alicyclic amines) is 1. The summed E-state index contributed by atoms with van der Waals surface area (Å²) in [5, 5.41) is 11.4. The Balaban J connectivity index is 1.61. The second kappa shape index (κ2) is 7.42. The first-order valence-electron chi connectivity index (χ1n) is 8.33. The fourth-order valence-corrected chi connectivity index (χ4v) is 3.25. The molecule has 2 N–H and O–H groups in total. The molecule has 2 aliphatic rings. The first-order valence-corrected chi connectivity index (χ1v) is 8.33. The zero-order chi connectivity index (χ0) is 17.8. The fraction of sp³-hybridized carbons (Fsp3) is 0.471. The standard InChI is InChI=1S/C17H21N3O5/c21-15(22)11-25-14-5-3-12(4-6-14)16(23)19-8-1-2-13(10-19)20-9-7-18-17(20)24/h3-6,13H,1-2,7-11H2,(H,18,24)(H,21,22). The Labute approximate surface area is 145 Å². The van der Waals surface area contributed by atoms with Gasteiger partial charge in [-0.1, -0.05) is 0 Å². The van der Waals surface area contributed by atoms with E-state index in [0.717, 1.165) is 12.8 Å². The van der Waals surface area contributed by atoms with E-state index in [0.29, 0.717) is 37.5 Å². The molecule has 2 fully saturated rings. The lowest BCUT2D eigenvalue weighted by Crippen LogP contribution is -2.50. The molecule has 8 nitrogen and oxygen atoms in total. The first-order chi connectivity index (χ1) is 12.0. The maximum absolute atomic E-state index is 12.7. The van der Waals surface area contributed by atoms with Crippen molar-refractivity contribution in [1.82, 2.24) is 15.1 Å². The van der Waals surface area contributed by atoms with Gasteiger partial charge in [0.2, 0.25) is 0 Å². The van der Waals surface area contributed by atoms with Crippen molar-refractivity contribution in [3.8, 4) is 5.75 Å². The van der Waals surface area contributed by atoms with Crippen LogP contribution in [0.1, 0.15) is 23.2 Å². The summed E-state index contributed by atoms with van der Waals surface area (Å²) in [6.45, 7) is 2.12. The molecule has 3 amide bonds. The van der Waals surface area contributed by atoms with E-state index >= 15 is 0 Å². The molecule has 134 valence electrons. The first kappa shape index (κ1) is 17.1. The van der Waals surface area contributed by atoms with Gasteiger partial charge in [-0.25, -0.2) is 9.59 Å². The molecule has 2 aliphatic heterocycles. The number of nitrogens with zero attached hydrogens (tertiary/aromatic N) is 2. The van der Waals surface area contributed by atoms with Crippen LogP contribution in [0.3, 0.4) is 0 Å². The zero-order valence-electron chi connectivity index (χ0n) is 13.8. The minimum absolute atomic E-state index is 0.0540. The summed E-state index contributed by atoms with van der Waals surface area (Å²) in [6, 6.07) is 6.44. The summed E-state index contributed by atoms with van der Waals surface area (Å²) in [7, 11) is 0. The number of hydrogen-bond acceptors (Lipinski definition) is 4. The van der Waals surface area contributed by atoms with Crippen molar-refractivity contribution < 1.29 is 24.2 Å². The number of aliphatic carboxylic acids is 1. The number of hydrogen-bond donors (Lipinski definition) is 2. The van der Waals surface area contributed by atoms with Crippen molar-refractivity contribution in [2.45, 2.75) is 18.9 Å². The molecule has 1 aromatic carbocycles. The van der Waals surface area contributed by atoms with Crippen LogP contribution in [0.2, 0.25) is 0 Å². The van der Waals surface area contributed by atoms with E-state index in [1.54, 1.807) is 29.2 Å². The third-order valence-electron chi connectivity index (χ3n) is 4.48. The number of amides is 3. The lowest BCUT2D eigenvalue weighted by molar-refractivity contribution is -0.139. The molecule has 0 saturated carbocycles. The predicted molar refractivity (Wildman–Crippen MR) is 88.6 cm³/mol. The normalized spacial score (nSPS) is 20.3. The molecule has 2 heterocycles. The van der Waals surface area contributed by atoms with E-state index in [2.05, 4.69) is 5.32 Å². The number of piperidine rings is 1. The Morgan fingerprint density at radius 3 is 2.64 bits per heavy atom. The minimum Gasteiger partial charge on any atom is -0.482 e. The van der Waals surface area contributed by atoms with Crippen molar-refractivity contribution in [2.75, 3.05) is 32.8 Å². The van der Waals surface area contributed by atoms with Crippen LogP contribution in [0.25, 0.3) is 0 Å². The quantitative estimate of drug-likeness (QED) is 0.820. The Morgan fingerprint density at radius 2 is 2.00 bits per heavy atom. The highest BCUT2D eigenvalue weighted by molar-refractivity contribution is 5.94. The second-order valence-corrected chi connectivity index (χ2v) is 6.18. The van der Waals surface area contributed by atoms with Crippen LogP contribution in [-0.4, -0.2) is 71.6 Å². The van der Waals surface area contributed by atoms with E-state index in [9.17, 15) is 14.4 Å². The Hall–Kier alpha value is -2.77. The number of nitrogens with one attached hydrogen (secondary N) is 1. The highest BCUT2D eigenvalue weighted by Gasteiger charge is 2.33. The number of ether oxygens (including phenoxy) is 1. The molecule has 0 aromatic heterocycles. The summed E-state index contributed by atoms with van der Waals surface area (Å²) < 4.78 is 5.07. The molecule has 8 heteroatoms. The number of carboxylic acid groups (broad SMARTS) is 1. The number of carboxylic acids is 1. The molecule has 1 aromatic rings. The van der Waals surface area contributed by atoms with E-state index in [4.69, 9.17) is 9.84 Å². The van der Waals surface area contributed by atoms with Gasteiger partial charge in [0.15, 0.2) is 6.61 Å². The highest BCUT2D eigenvalue weighted by atomic mass is 16.5. The molecule has 0 aliphatic carbocycles. The summed E-state index contributed by atoms with van der Waals surface area (Å²) in [6.07, 6.45) is 1.76. The predicted octanol–water partition coefficient (Wildman–Crippen LogP) is 0.780. The Bertz CT molecular complexity index is 661. The van der Waals surface area contributed by atoms with Crippen LogP contribution in [-0.2, 0) is 4.79 Å². The van der Waals surface area contributed by atoms with Gasteiger partial charge >= 0.3 is 12.0 Å². The molecule has 1 unspecified atom stereocenters. The number of rotatable bonds is 5. The number of urea groups is 1. The number of carbonyl (C=O) groups excluding carboxylic acids is 2. The number of benzene rings is 1. The summed E-state index contributed by atoms with van der Waals surface area (Å²) in [5.41, 5.74) is 0.522. The molecule has 0 radical (unpaired) electrons. The summed E-state index contributed by atoms with van der Waals surface area (Å²) in [4.78, 5) is 38.6. The maximum atomic E-state index is 12.7. The molecule has 0 bridgehead atoms. The van der Waals surface area contributed by atoms with Crippen LogP contribution < -0.4 is 10.1 Å². The molecule has 3 rings (SSSR count). The van der Waals surface area contributed by atoms with Crippen molar-refractivity contribution in [3.05, 3.63) is 29.8 Å². The lowest BCUT2D eigenvalue weighted by Gasteiger charge is -2.37. The molecule has 0 spiro atoms. The molecule has 25 heavy (non-hydrogen) atoms. The van der Waals surface area contributed by atoms with Crippen LogP contribution in [0.5, 0.6) is 5.75 Å². The topological polar surface area (TPSA) is 99.2 Å². The molecule has 1 atom stereocenters. The van der Waals surface area contributed by atoms with Crippen LogP contribution in [0, 0.1) is 0 Å². The van der Waals surface area contributed by atoms with Gasteiger partial charge in [0.05, 0.1) is 6.04 Å². The van der Waals surface area contributed by atoms with Gasteiger partial charge in [-0.3, -0.25) is 4.79 Å². The Morgan fingerprint density at radius 1 is 1.24 bits per heavy atom. The maximum Gasteiger partial charge on any atom is 0.341 e. The van der Waals surface area contributed by atoms with Gasteiger partial charge < -0.3 is 25.0 Å². The van der Waals surface area contributed by atoms with E-state index in [1.807, 2.05) is 4.90 Å². The largest absolute Gasteiger partial charge is 0.482 e. The van der Waals surface area contributed by atoms with Gasteiger partial charge in [0.1, 0.15) is 5.75 Å². The average molecular weight is 347 g/mol. The Kier molecular flexibility index (Phi) is 5.06. The fourth-order valence-electron chi connectivity index (χ4n) is 3.25. The van der Waals surface area contributed by atoms with E-state index in [-0.39, 0.29) is 18.0 Å².